The van der Waals surface area contributed by atoms with Crippen molar-refractivity contribution in [2.45, 2.75) is 23.8 Å². The molecule has 1 atom stereocenters. The van der Waals surface area contributed by atoms with Gasteiger partial charge in [-0.1, -0.05) is 0 Å². The lowest BCUT2D eigenvalue weighted by atomic mass is 10.2. The molecule has 0 radical (unpaired) electrons. The molecule has 1 saturated heterocycles. The summed E-state index contributed by atoms with van der Waals surface area (Å²) in [6, 6.07) is 2.20. The molecule has 0 spiro atoms. The van der Waals surface area contributed by atoms with E-state index < -0.39 is 21.7 Å². The zero-order valence-corrected chi connectivity index (χ0v) is 11.4. The standard InChI is InChI=1S/C12H16F2N2O2S/c1-15-8-11-3-2-4-16(11)19(17,18)12-6-9(13)5-10(14)7-12/h5-7,11,15H,2-4,8H2,1H3. The van der Waals surface area contributed by atoms with Crippen LogP contribution in [0.5, 0.6) is 0 Å². The highest BCUT2D eigenvalue weighted by Gasteiger charge is 2.35. The molecule has 106 valence electrons. The second-order valence-corrected chi connectivity index (χ2v) is 6.47. The maximum Gasteiger partial charge on any atom is 0.243 e. The molecule has 4 nitrogen and oxygen atoms in total. The van der Waals surface area contributed by atoms with Gasteiger partial charge in [-0.05, 0) is 32.0 Å². The number of hydrogen-bond donors (Lipinski definition) is 1. The lowest BCUT2D eigenvalue weighted by Gasteiger charge is -2.23. The largest absolute Gasteiger partial charge is 0.318 e. The average Bonchev–Trinajstić information content (AvgIpc) is 2.77. The maximum atomic E-state index is 13.2. The van der Waals surface area contributed by atoms with E-state index in [2.05, 4.69) is 5.32 Å². The number of halogens is 2. The number of sulfonamides is 1. The molecule has 1 aromatic carbocycles. The Kier molecular flexibility index (Phi) is 4.17. The molecule has 1 aliphatic rings. The van der Waals surface area contributed by atoms with Crippen molar-refractivity contribution in [3.05, 3.63) is 29.8 Å². The summed E-state index contributed by atoms with van der Waals surface area (Å²) in [6.45, 7) is 0.907. The van der Waals surface area contributed by atoms with E-state index in [4.69, 9.17) is 0 Å². The van der Waals surface area contributed by atoms with Crippen LogP contribution in [-0.4, -0.2) is 38.9 Å². The van der Waals surface area contributed by atoms with Crippen LogP contribution >= 0.6 is 0 Å². The van der Waals surface area contributed by atoms with Crippen LogP contribution in [0.2, 0.25) is 0 Å². The fraction of sp³-hybridized carbons (Fsp3) is 0.500. The molecule has 0 bridgehead atoms. The summed E-state index contributed by atoms with van der Waals surface area (Å²) in [7, 11) is -2.10. The van der Waals surface area contributed by atoms with Crippen LogP contribution in [-0.2, 0) is 10.0 Å². The third kappa shape index (κ3) is 2.93. The Balaban J connectivity index is 2.36. The van der Waals surface area contributed by atoms with Crippen molar-refractivity contribution in [3.63, 3.8) is 0 Å². The second kappa shape index (κ2) is 5.52. The first-order valence-electron chi connectivity index (χ1n) is 6.07. The van der Waals surface area contributed by atoms with Gasteiger partial charge < -0.3 is 5.32 Å². The molecule has 1 aliphatic heterocycles. The summed E-state index contributed by atoms with van der Waals surface area (Å²) >= 11 is 0. The smallest absolute Gasteiger partial charge is 0.243 e. The molecule has 7 heteroatoms. The average molecular weight is 290 g/mol. The van der Waals surface area contributed by atoms with E-state index in [-0.39, 0.29) is 10.9 Å². The zero-order chi connectivity index (χ0) is 14.0. The quantitative estimate of drug-likeness (QED) is 0.910. The molecule has 0 saturated carbocycles. The summed E-state index contributed by atoms with van der Waals surface area (Å²) in [4.78, 5) is -0.326. The summed E-state index contributed by atoms with van der Waals surface area (Å²) in [6.07, 6.45) is 1.50. The van der Waals surface area contributed by atoms with E-state index in [9.17, 15) is 17.2 Å². The molecule has 0 aromatic heterocycles. The molecular formula is C12H16F2N2O2S. The lowest BCUT2D eigenvalue weighted by molar-refractivity contribution is 0.378. The van der Waals surface area contributed by atoms with Gasteiger partial charge >= 0.3 is 0 Å². The van der Waals surface area contributed by atoms with Crippen molar-refractivity contribution in [1.29, 1.82) is 0 Å². The summed E-state index contributed by atoms with van der Waals surface area (Å²) < 4.78 is 52.4. The van der Waals surface area contributed by atoms with Crippen LogP contribution in [0.25, 0.3) is 0 Å². The van der Waals surface area contributed by atoms with Crippen LogP contribution in [0.4, 0.5) is 8.78 Å². The molecule has 0 aliphatic carbocycles. The van der Waals surface area contributed by atoms with Crippen molar-refractivity contribution in [3.8, 4) is 0 Å². The van der Waals surface area contributed by atoms with Crippen molar-refractivity contribution in [1.82, 2.24) is 9.62 Å². The van der Waals surface area contributed by atoms with Gasteiger partial charge in [0.25, 0.3) is 0 Å². The maximum absolute atomic E-state index is 13.2. The monoisotopic (exact) mass is 290 g/mol. The molecule has 0 amide bonds. The van der Waals surface area contributed by atoms with Crippen LogP contribution in [0.15, 0.2) is 23.1 Å². The Hall–Kier alpha value is -1.05. The third-order valence-corrected chi connectivity index (χ3v) is 5.14. The van der Waals surface area contributed by atoms with Gasteiger partial charge in [-0.2, -0.15) is 4.31 Å². The Labute approximate surface area is 111 Å². The Morgan fingerprint density at radius 2 is 1.95 bits per heavy atom. The van der Waals surface area contributed by atoms with Crippen LogP contribution in [0.1, 0.15) is 12.8 Å². The van der Waals surface area contributed by atoms with Crippen molar-refractivity contribution >= 4 is 10.0 Å². The van der Waals surface area contributed by atoms with Gasteiger partial charge in [-0.15, -0.1) is 0 Å². The van der Waals surface area contributed by atoms with E-state index in [1.54, 1.807) is 7.05 Å². The Bertz CT molecular complexity index is 543. The molecule has 2 rings (SSSR count). The SMILES string of the molecule is CNCC1CCCN1S(=O)(=O)c1cc(F)cc(F)c1. The van der Waals surface area contributed by atoms with Crippen LogP contribution < -0.4 is 5.32 Å². The van der Waals surface area contributed by atoms with E-state index in [1.807, 2.05) is 0 Å². The zero-order valence-electron chi connectivity index (χ0n) is 10.6. The number of nitrogens with one attached hydrogen (secondary N) is 1. The minimum Gasteiger partial charge on any atom is -0.318 e. The molecule has 1 N–H and O–H groups in total. The van der Waals surface area contributed by atoms with E-state index >= 15 is 0 Å². The van der Waals surface area contributed by atoms with Crippen molar-refractivity contribution < 1.29 is 17.2 Å². The van der Waals surface area contributed by atoms with Crippen LogP contribution in [0, 0.1) is 11.6 Å². The molecule has 1 aromatic rings. The van der Waals surface area contributed by atoms with E-state index in [0.717, 1.165) is 25.0 Å². The van der Waals surface area contributed by atoms with Gasteiger partial charge in [0.05, 0.1) is 4.90 Å². The first-order chi connectivity index (χ1) is 8.95. The highest BCUT2D eigenvalue weighted by atomic mass is 32.2. The minimum absolute atomic E-state index is 0.165. The van der Waals surface area contributed by atoms with Gasteiger partial charge in [0.2, 0.25) is 10.0 Å². The fourth-order valence-electron chi connectivity index (χ4n) is 2.38. The second-order valence-electron chi connectivity index (χ2n) is 4.57. The Morgan fingerprint density at radius 3 is 2.53 bits per heavy atom. The van der Waals surface area contributed by atoms with Crippen molar-refractivity contribution in [2.24, 2.45) is 0 Å². The van der Waals surface area contributed by atoms with Gasteiger partial charge in [0, 0.05) is 25.2 Å². The topological polar surface area (TPSA) is 49.4 Å². The molecule has 1 unspecified atom stereocenters. The van der Waals surface area contributed by atoms with Gasteiger partial charge in [-0.25, -0.2) is 17.2 Å². The van der Waals surface area contributed by atoms with Gasteiger partial charge in [0.1, 0.15) is 11.6 Å². The number of benzene rings is 1. The minimum atomic E-state index is -3.84. The van der Waals surface area contributed by atoms with E-state index in [0.29, 0.717) is 19.2 Å². The summed E-state index contributed by atoms with van der Waals surface area (Å²) in [5, 5.41) is 2.93. The number of nitrogens with zero attached hydrogens (tertiary/aromatic N) is 1. The molecule has 19 heavy (non-hydrogen) atoms. The fourth-order valence-corrected chi connectivity index (χ4v) is 4.11. The normalized spacial score (nSPS) is 20.9. The van der Waals surface area contributed by atoms with Gasteiger partial charge in [-0.3, -0.25) is 0 Å². The number of hydrogen-bond acceptors (Lipinski definition) is 3. The first kappa shape index (κ1) is 14.4. The number of rotatable bonds is 4. The Morgan fingerprint density at radius 1 is 1.32 bits per heavy atom. The molecular weight excluding hydrogens is 274 g/mol. The van der Waals surface area contributed by atoms with Gasteiger partial charge in [0.15, 0.2) is 0 Å². The molecule has 1 fully saturated rings. The highest BCUT2D eigenvalue weighted by molar-refractivity contribution is 7.89. The van der Waals surface area contributed by atoms with Crippen LogP contribution in [0.3, 0.4) is 0 Å². The first-order valence-corrected chi connectivity index (χ1v) is 7.51. The number of likely N-dealkylation sites (N-methyl/N-ethyl adjacent to an activating group) is 1. The van der Waals surface area contributed by atoms with E-state index in [1.165, 1.54) is 4.31 Å². The highest BCUT2D eigenvalue weighted by Crippen LogP contribution is 2.26. The predicted molar refractivity (Wildman–Crippen MR) is 67.2 cm³/mol. The predicted octanol–water partition coefficient (Wildman–Crippen LogP) is 1.34. The molecule has 1 heterocycles. The lowest BCUT2D eigenvalue weighted by Crippen LogP contribution is -2.40. The summed E-state index contributed by atoms with van der Waals surface area (Å²) in [5.41, 5.74) is 0. The summed E-state index contributed by atoms with van der Waals surface area (Å²) in [5.74, 6) is -1.77. The van der Waals surface area contributed by atoms with Crippen molar-refractivity contribution in [2.75, 3.05) is 20.1 Å². The third-order valence-electron chi connectivity index (χ3n) is 3.21.